The molecule has 0 fully saturated rings. The van der Waals surface area contributed by atoms with Gasteiger partial charge in [0.1, 0.15) is 13.2 Å². The molecule has 0 unspecified atom stereocenters. The quantitative estimate of drug-likeness (QED) is 0.409. The van der Waals surface area contributed by atoms with E-state index in [4.69, 9.17) is 10.5 Å². The molecule has 0 radical (unpaired) electrons. The molecule has 0 rings (SSSR count). The van der Waals surface area contributed by atoms with Gasteiger partial charge in [-0.3, -0.25) is 9.78 Å². The van der Waals surface area contributed by atoms with Crippen LogP contribution in [0, 0.1) is 0 Å². The molecule has 2 N–H and O–H groups in total. The molecule has 0 saturated carbocycles. The zero-order valence-corrected chi connectivity index (χ0v) is 5.35. The molecule has 0 heterocycles. The minimum atomic E-state index is -1.05. The van der Waals surface area contributed by atoms with Gasteiger partial charge in [-0.2, -0.15) is 10.5 Å². The van der Waals surface area contributed by atoms with Gasteiger partial charge in [0.15, 0.2) is 0 Å². The second-order valence-corrected chi connectivity index (χ2v) is 1.42. The second-order valence-electron chi connectivity index (χ2n) is 1.42. The van der Waals surface area contributed by atoms with Crippen molar-refractivity contribution in [3.8, 4) is 0 Å². The lowest BCUT2D eigenvalue weighted by molar-refractivity contribution is -0.244. The maximum Gasteiger partial charge on any atom is 0.367 e. The normalized spacial score (nSPS) is 8.91. The smallest absolute Gasteiger partial charge is 0.358 e. The van der Waals surface area contributed by atoms with E-state index in [9.17, 15) is 9.59 Å². The number of carbonyl (C=O) groups is 2. The van der Waals surface area contributed by atoms with Crippen LogP contribution in [0.2, 0.25) is 0 Å². The van der Waals surface area contributed by atoms with Gasteiger partial charge < -0.3 is 4.74 Å². The molecule has 11 heavy (non-hydrogen) atoms. The zero-order chi connectivity index (χ0) is 8.69. The van der Waals surface area contributed by atoms with Crippen LogP contribution in [0.15, 0.2) is 0 Å². The number of rotatable bonds is 4. The van der Waals surface area contributed by atoms with E-state index in [1.807, 2.05) is 0 Å². The highest BCUT2D eigenvalue weighted by atomic mass is 17.1. The monoisotopic (exact) mass is 166 g/mol. The summed E-state index contributed by atoms with van der Waals surface area (Å²) in [5, 5.41) is 15.3. The largest absolute Gasteiger partial charge is 0.367 e. The molecular formula is C4H6O7. The van der Waals surface area contributed by atoms with Crippen LogP contribution in [0.5, 0.6) is 0 Å². The molecule has 0 bridgehead atoms. The van der Waals surface area contributed by atoms with Gasteiger partial charge in [-0.1, -0.05) is 0 Å². The molecule has 0 aromatic rings. The Morgan fingerprint density at radius 3 is 1.64 bits per heavy atom. The maximum atomic E-state index is 10.1. The Bertz CT molecular complexity index is 125. The topological polar surface area (TPSA) is 102 Å². The first-order chi connectivity index (χ1) is 5.20. The van der Waals surface area contributed by atoms with E-state index in [1.165, 1.54) is 0 Å². The van der Waals surface area contributed by atoms with Crippen LogP contribution in [0.1, 0.15) is 0 Å². The van der Waals surface area contributed by atoms with Gasteiger partial charge in [-0.05, 0) is 0 Å². The van der Waals surface area contributed by atoms with Crippen LogP contribution in [-0.4, -0.2) is 35.7 Å². The Morgan fingerprint density at radius 2 is 1.36 bits per heavy atom. The second kappa shape index (κ2) is 5.59. The lowest BCUT2D eigenvalue weighted by Gasteiger charge is -1.97. The Balaban J connectivity index is 3.27. The lowest BCUT2D eigenvalue weighted by Crippen LogP contribution is -2.16. The first kappa shape index (κ1) is 9.82. The van der Waals surface area contributed by atoms with Crippen molar-refractivity contribution in [2.24, 2.45) is 0 Å². The third-order valence-electron chi connectivity index (χ3n) is 0.643. The van der Waals surface area contributed by atoms with Crippen molar-refractivity contribution in [3.05, 3.63) is 0 Å². The molecule has 0 aliphatic carbocycles. The Hall–Kier alpha value is -1.18. The summed E-state index contributed by atoms with van der Waals surface area (Å²) in [4.78, 5) is 26.5. The molecule has 64 valence electrons. The Labute approximate surface area is 60.9 Å². The molecule has 0 spiro atoms. The first-order valence-corrected chi connectivity index (χ1v) is 2.47. The Morgan fingerprint density at radius 1 is 1.00 bits per heavy atom. The van der Waals surface area contributed by atoms with Crippen LogP contribution in [0.3, 0.4) is 0 Å². The van der Waals surface area contributed by atoms with Gasteiger partial charge in [0.05, 0.1) is 0 Å². The number of carbonyl (C=O) groups excluding carboxylic acids is 2. The summed E-state index contributed by atoms with van der Waals surface area (Å²) in [5.74, 6) is -2.09. The van der Waals surface area contributed by atoms with Gasteiger partial charge in [-0.25, -0.2) is 9.59 Å². The SMILES string of the molecule is O=C(COCC(=O)OO)OO. The average molecular weight is 166 g/mol. The minimum Gasteiger partial charge on any atom is -0.358 e. The van der Waals surface area contributed by atoms with Crippen molar-refractivity contribution < 1.29 is 34.6 Å². The van der Waals surface area contributed by atoms with E-state index in [-0.39, 0.29) is 0 Å². The molecule has 0 saturated heterocycles. The number of ether oxygens (including phenoxy) is 1. The van der Waals surface area contributed by atoms with Crippen LogP contribution >= 0.6 is 0 Å². The Kier molecular flexibility index (Phi) is 4.99. The summed E-state index contributed by atoms with van der Waals surface area (Å²) in [6.07, 6.45) is 0. The highest BCUT2D eigenvalue weighted by Gasteiger charge is 2.05. The maximum absolute atomic E-state index is 10.1. The van der Waals surface area contributed by atoms with Crippen LogP contribution < -0.4 is 0 Å². The molecule has 0 aromatic carbocycles. The van der Waals surface area contributed by atoms with E-state index in [2.05, 4.69) is 14.5 Å². The molecule has 0 aromatic heterocycles. The fraction of sp³-hybridized carbons (Fsp3) is 0.500. The van der Waals surface area contributed by atoms with Crippen molar-refractivity contribution in [2.75, 3.05) is 13.2 Å². The van der Waals surface area contributed by atoms with E-state index in [0.717, 1.165) is 0 Å². The molecular weight excluding hydrogens is 160 g/mol. The molecule has 0 atom stereocenters. The van der Waals surface area contributed by atoms with E-state index >= 15 is 0 Å². The van der Waals surface area contributed by atoms with Gasteiger partial charge in [0.2, 0.25) is 0 Å². The summed E-state index contributed by atoms with van der Waals surface area (Å²) < 4.78 is 4.27. The fourth-order valence-electron chi connectivity index (χ4n) is 0.270. The zero-order valence-electron chi connectivity index (χ0n) is 5.35. The first-order valence-electron chi connectivity index (χ1n) is 2.47. The van der Waals surface area contributed by atoms with Crippen LogP contribution in [0.25, 0.3) is 0 Å². The number of hydrogen-bond acceptors (Lipinski definition) is 7. The third-order valence-corrected chi connectivity index (χ3v) is 0.643. The van der Waals surface area contributed by atoms with Crippen molar-refractivity contribution >= 4 is 11.9 Å². The van der Waals surface area contributed by atoms with Crippen molar-refractivity contribution in [2.45, 2.75) is 0 Å². The highest BCUT2D eigenvalue weighted by molar-refractivity contribution is 5.72. The van der Waals surface area contributed by atoms with Crippen molar-refractivity contribution in [3.63, 3.8) is 0 Å². The van der Waals surface area contributed by atoms with Gasteiger partial charge in [0, 0.05) is 0 Å². The van der Waals surface area contributed by atoms with Crippen LogP contribution in [-0.2, 0) is 24.1 Å². The van der Waals surface area contributed by atoms with E-state index in [1.54, 1.807) is 0 Å². The van der Waals surface area contributed by atoms with Crippen molar-refractivity contribution in [1.29, 1.82) is 0 Å². The third kappa shape index (κ3) is 5.27. The van der Waals surface area contributed by atoms with Gasteiger partial charge in [0.25, 0.3) is 0 Å². The lowest BCUT2D eigenvalue weighted by atomic mass is 10.7. The molecule has 0 aliphatic heterocycles. The van der Waals surface area contributed by atoms with Crippen LogP contribution in [0.4, 0.5) is 0 Å². The van der Waals surface area contributed by atoms with Gasteiger partial charge in [-0.15, -0.1) is 0 Å². The standard InChI is InChI=1S/C4H6O7/c5-3(10-7)1-9-2-4(6)11-8/h7-8H,1-2H2. The predicted molar refractivity (Wildman–Crippen MR) is 28.3 cm³/mol. The molecule has 7 nitrogen and oxygen atoms in total. The fourth-order valence-corrected chi connectivity index (χ4v) is 0.270. The number of hydrogen-bond donors (Lipinski definition) is 2. The van der Waals surface area contributed by atoms with Crippen molar-refractivity contribution in [1.82, 2.24) is 0 Å². The van der Waals surface area contributed by atoms with Gasteiger partial charge >= 0.3 is 11.9 Å². The summed E-state index contributed by atoms with van der Waals surface area (Å²) in [6, 6.07) is 0. The average Bonchev–Trinajstić information content (AvgIpc) is 2.04. The van der Waals surface area contributed by atoms with E-state index in [0.29, 0.717) is 0 Å². The molecule has 0 amide bonds. The predicted octanol–water partition coefficient (Wildman–Crippen LogP) is -0.965. The summed E-state index contributed by atoms with van der Waals surface area (Å²) in [6.45, 7) is -1.18. The molecule has 7 heteroatoms. The molecule has 0 aliphatic rings. The summed E-state index contributed by atoms with van der Waals surface area (Å²) in [5.41, 5.74) is 0. The van der Waals surface area contributed by atoms with E-state index < -0.39 is 25.2 Å². The highest BCUT2D eigenvalue weighted by Crippen LogP contribution is 1.80. The minimum absolute atomic E-state index is 0.592. The summed E-state index contributed by atoms with van der Waals surface area (Å²) in [7, 11) is 0. The summed E-state index contributed by atoms with van der Waals surface area (Å²) >= 11 is 0.